The number of esters is 1. The van der Waals surface area contributed by atoms with Gasteiger partial charge in [0, 0.05) is 38.2 Å². The maximum absolute atomic E-state index is 13.2. The molecule has 0 spiro atoms. The fourth-order valence-corrected chi connectivity index (χ4v) is 3.82. The van der Waals surface area contributed by atoms with E-state index in [1.165, 1.54) is 24.3 Å². The highest BCUT2D eigenvalue weighted by Crippen LogP contribution is 2.24. The highest BCUT2D eigenvalue weighted by Gasteiger charge is 2.27. The predicted octanol–water partition coefficient (Wildman–Crippen LogP) is 3.76. The van der Waals surface area contributed by atoms with E-state index in [0.29, 0.717) is 25.2 Å². The number of carbonyl (C=O) groups is 3. The van der Waals surface area contributed by atoms with Crippen molar-refractivity contribution < 1.29 is 28.8 Å². The van der Waals surface area contributed by atoms with Crippen molar-refractivity contribution in [3.05, 3.63) is 45.5 Å². The lowest BCUT2D eigenvalue weighted by Gasteiger charge is -2.30. The molecule has 206 valence electrons. The van der Waals surface area contributed by atoms with E-state index < -0.39 is 17.0 Å². The van der Waals surface area contributed by atoms with Crippen LogP contribution in [0.1, 0.15) is 62.4 Å². The maximum Gasteiger partial charge on any atom is 0.407 e. The monoisotopic (exact) mass is 520 g/mol. The second-order valence-corrected chi connectivity index (χ2v) is 8.70. The third-order valence-electron chi connectivity index (χ3n) is 6.12. The molecule has 2 atom stereocenters. The minimum absolute atomic E-state index is 0.0606. The Balaban J connectivity index is 2.62. The number of alkyl carbamates (subject to hydrolysis) is 1. The van der Waals surface area contributed by atoms with Gasteiger partial charge in [-0.05, 0) is 36.1 Å². The Hall–Kier alpha value is -3.47. The van der Waals surface area contributed by atoms with Gasteiger partial charge in [0.1, 0.15) is 12.2 Å². The van der Waals surface area contributed by atoms with E-state index in [9.17, 15) is 24.5 Å². The lowest BCUT2D eigenvalue weighted by Crippen LogP contribution is -2.45. The minimum atomic E-state index is -0.819. The summed E-state index contributed by atoms with van der Waals surface area (Å²) < 4.78 is 9.71. The van der Waals surface area contributed by atoms with Gasteiger partial charge >= 0.3 is 12.1 Å². The molecule has 11 heteroatoms. The lowest BCUT2D eigenvalue weighted by atomic mass is 9.86. The summed E-state index contributed by atoms with van der Waals surface area (Å²) in [5.41, 5.74) is 5.70. The molecule has 0 aliphatic heterocycles. The molecule has 3 N–H and O–H groups in total. The molecule has 0 saturated carbocycles. The molecule has 0 heterocycles. The first kappa shape index (κ1) is 31.6. The average Bonchev–Trinajstić information content (AvgIpc) is 2.89. The highest BCUT2D eigenvalue weighted by molar-refractivity contribution is 5.94. The second-order valence-electron chi connectivity index (χ2n) is 8.70. The SMILES string of the molecule is CCCCC(C(=O)N(CCN)CCNC(=O)OC/C=C/c1ccc([N+](=O)[O-])c(C(=O)OC)c1)C(C)CC. The number of rotatable bonds is 16. The standard InChI is InChI=1S/C26H40N4O7/c1-5-7-10-21(19(3)6-2)24(31)29(15-13-27)16-14-28-26(33)37-17-8-9-20-11-12-23(30(34)35)22(18-20)25(32)36-4/h8-9,11-12,18-19,21H,5-7,10,13-17,27H2,1-4H3,(H,28,33)/b9-8+. The summed E-state index contributed by atoms with van der Waals surface area (Å²) in [4.78, 5) is 49.2. The molecule has 1 aromatic rings. The number of hydrogen-bond acceptors (Lipinski definition) is 8. The van der Waals surface area contributed by atoms with Crippen LogP contribution in [0.4, 0.5) is 10.5 Å². The Kier molecular flexibility index (Phi) is 14.6. The summed E-state index contributed by atoms with van der Waals surface area (Å²) in [6, 6.07) is 4.01. The van der Waals surface area contributed by atoms with Crippen molar-refractivity contribution >= 4 is 29.7 Å². The van der Waals surface area contributed by atoms with E-state index in [0.717, 1.165) is 32.8 Å². The van der Waals surface area contributed by atoms with E-state index in [4.69, 9.17) is 10.5 Å². The van der Waals surface area contributed by atoms with Gasteiger partial charge in [0.2, 0.25) is 5.91 Å². The summed E-state index contributed by atoms with van der Waals surface area (Å²) in [6.45, 7) is 7.52. The third-order valence-corrected chi connectivity index (χ3v) is 6.12. The topological polar surface area (TPSA) is 154 Å². The summed E-state index contributed by atoms with van der Waals surface area (Å²) >= 11 is 0. The summed E-state index contributed by atoms with van der Waals surface area (Å²) in [6.07, 6.45) is 6.22. The Morgan fingerprint density at radius 3 is 2.57 bits per heavy atom. The largest absolute Gasteiger partial charge is 0.465 e. The molecule has 0 aromatic heterocycles. The maximum atomic E-state index is 13.2. The summed E-state index contributed by atoms with van der Waals surface area (Å²) in [7, 11) is 1.14. The number of benzene rings is 1. The fourth-order valence-electron chi connectivity index (χ4n) is 3.82. The molecular weight excluding hydrogens is 480 g/mol. The second kappa shape index (κ2) is 17.1. The number of hydrogen-bond donors (Lipinski definition) is 2. The molecule has 1 rings (SSSR count). The van der Waals surface area contributed by atoms with E-state index >= 15 is 0 Å². The van der Waals surface area contributed by atoms with E-state index in [2.05, 4.69) is 30.8 Å². The normalized spacial score (nSPS) is 12.6. The van der Waals surface area contributed by atoms with Gasteiger partial charge in [0.25, 0.3) is 5.69 Å². The highest BCUT2D eigenvalue weighted by atomic mass is 16.6. The lowest BCUT2D eigenvalue weighted by molar-refractivity contribution is -0.385. The van der Waals surface area contributed by atoms with E-state index in [1.807, 2.05) is 0 Å². The van der Waals surface area contributed by atoms with Crippen molar-refractivity contribution in [3.63, 3.8) is 0 Å². The molecule has 1 aromatic carbocycles. The molecule has 37 heavy (non-hydrogen) atoms. The van der Waals surface area contributed by atoms with Crippen LogP contribution in [-0.2, 0) is 14.3 Å². The molecule has 0 saturated heterocycles. The zero-order valence-corrected chi connectivity index (χ0v) is 22.2. The number of methoxy groups -OCH3 is 1. The molecule has 0 bridgehead atoms. The first-order valence-corrected chi connectivity index (χ1v) is 12.6. The summed E-state index contributed by atoms with van der Waals surface area (Å²) in [5, 5.41) is 13.7. The number of amides is 2. The number of unbranched alkanes of at least 4 members (excludes halogenated alkanes) is 1. The number of nitrogens with zero attached hydrogens (tertiary/aromatic N) is 2. The number of nitro benzene ring substituents is 1. The van der Waals surface area contributed by atoms with Gasteiger partial charge in [-0.3, -0.25) is 14.9 Å². The van der Waals surface area contributed by atoms with Gasteiger partial charge in [-0.25, -0.2) is 9.59 Å². The van der Waals surface area contributed by atoms with Gasteiger partial charge in [0.15, 0.2) is 0 Å². The fraction of sp³-hybridized carbons (Fsp3) is 0.577. The third kappa shape index (κ3) is 10.6. The molecule has 0 fully saturated rings. The van der Waals surface area contributed by atoms with Crippen LogP contribution in [-0.4, -0.2) is 67.7 Å². The average molecular weight is 521 g/mol. The molecule has 0 aliphatic carbocycles. The van der Waals surface area contributed by atoms with Crippen molar-refractivity contribution in [2.45, 2.75) is 46.5 Å². The molecular formula is C26H40N4O7. The number of carbonyl (C=O) groups excluding carboxylic acids is 3. The van der Waals surface area contributed by atoms with Crippen LogP contribution in [0.3, 0.4) is 0 Å². The first-order chi connectivity index (χ1) is 17.7. The van der Waals surface area contributed by atoms with Crippen molar-refractivity contribution in [3.8, 4) is 0 Å². The van der Waals surface area contributed by atoms with Gasteiger partial charge in [-0.15, -0.1) is 0 Å². The van der Waals surface area contributed by atoms with Crippen LogP contribution in [0.25, 0.3) is 6.08 Å². The van der Waals surface area contributed by atoms with Gasteiger partial charge in [-0.2, -0.15) is 0 Å². The van der Waals surface area contributed by atoms with Crippen LogP contribution in [0.2, 0.25) is 0 Å². The number of nitrogens with one attached hydrogen (secondary N) is 1. The minimum Gasteiger partial charge on any atom is -0.465 e. The Bertz CT molecular complexity index is 936. The van der Waals surface area contributed by atoms with E-state index in [1.54, 1.807) is 11.0 Å². The summed E-state index contributed by atoms with van der Waals surface area (Å²) in [5.74, 6) is -0.544. The van der Waals surface area contributed by atoms with Crippen molar-refractivity contribution in [2.24, 2.45) is 17.6 Å². The zero-order chi connectivity index (χ0) is 27.8. The van der Waals surface area contributed by atoms with Crippen molar-refractivity contribution in [1.82, 2.24) is 10.2 Å². The van der Waals surface area contributed by atoms with E-state index in [-0.39, 0.29) is 42.1 Å². The predicted molar refractivity (Wildman–Crippen MR) is 141 cm³/mol. The number of nitro groups is 1. The van der Waals surface area contributed by atoms with Crippen LogP contribution in [0.15, 0.2) is 24.3 Å². The smallest absolute Gasteiger partial charge is 0.407 e. The molecule has 0 aliphatic rings. The van der Waals surface area contributed by atoms with Gasteiger partial charge in [-0.1, -0.05) is 46.1 Å². The van der Waals surface area contributed by atoms with Crippen LogP contribution < -0.4 is 11.1 Å². The van der Waals surface area contributed by atoms with Crippen molar-refractivity contribution in [2.75, 3.05) is 39.9 Å². The Morgan fingerprint density at radius 2 is 1.97 bits per heavy atom. The molecule has 2 amide bonds. The number of ether oxygens (including phenoxy) is 2. The van der Waals surface area contributed by atoms with Crippen LogP contribution >= 0.6 is 0 Å². The molecule has 0 radical (unpaired) electrons. The quantitative estimate of drug-likeness (QED) is 0.190. The van der Waals surface area contributed by atoms with Crippen molar-refractivity contribution in [1.29, 1.82) is 0 Å². The zero-order valence-electron chi connectivity index (χ0n) is 22.2. The van der Waals surface area contributed by atoms with Crippen LogP contribution in [0, 0.1) is 22.0 Å². The Labute approximate surface area is 218 Å². The molecule has 11 nitrogen and oxygen atoms in total. The van der Waals surface area contributed by atoms with Gasteiger partial charge in [0.05, 0.1) is 12.0 Å². The van der Waals surface area contributed by atoms with Gasteiger partial charge < -0.3 is 25.4 Å². The van der Waals surface area contributed by atoms with Crippen LogP contribution in [0.5, 0.6) is 0 Å². The Morgan fingerprint density at radius 1 is 1.24 bits per heavy atom. The first-order valence-electron chi connectivity index (χ1n) is 12.6. The molecule has 2 unspecified atom stereocenters. The number of nitrogens with two attached hydrogens (primary N) is 1.